The molecule has 2 heterocycles. The van der Waals surface area contributed by atoms with Crippen molar-refractivity contribution in [3.05, 3.63) is 71.7 Å². The Morgan fingerprint density at radius 1 is 1.06 bits per heavy atom. The number of hydrogen-bond donors (Lipinski definition) is 1. The fraction of sp³-hybridized carbons (Fsp3) is 0.143. The Hall–Kier alpha value is -3.53. The number of benzene rings is 2. The molecule has 31 heavy (non-hydrogen) atoms. The molecule has 10 heteroatoms. The fourth-order valence-corrected chi connectivity index (χ4v) is 4.10. The molecule has 1 aromatic heterocycles. The van der Waals surface area contributed by atoms with Crippen LogP contribution >= 0.6 is 0 Å². The number of aromatic nitrogens is 2. The number of ether oxygens (including phenoxy) is 2. The first-order chi connectivity index (χ1) is 14.7. The predicted molar refractivity (Wildman–Crippen MR) is 109 cm³/mol. The van der Waals surface area contributed by atoms with Crippen molar-refractivity contribution in [2.24, 2.45) is 0 Å². The minimum Gasteiger partial charge on any atom is -0.395 e. The van der Waals surface area contributed by atoms with Gasteiger partial charge in [-0.2, -0.15) is 0 Å². The molecule has 0 saturated carbocycles. The molecule has 0 unspecified atom stereocenters. The zero-order valence-electron chi connectivity index (χ0n) is 16.1. The Morgan fingerprint density at radius 3 is 2.68 bits per heavy atom. The standard InChI is InChI=1S/C21H15F2N3O4S/c1-31(27,28)26-14-4-2-3-13(9-14)17-11-24-16-7-6-15(20(16)25-17)12-5-8-18-19(10-12)30-21(22,23)29-18/h2-6,8-11,26H,7H2,1H3. The molecule has 2 aliphatic rings. The van der Waals surface area contributed by atoms with E-state index < -0.39 is 16.3 Å². The van der Waals surface area contributed by atoms with Gasteiger partial charge in [0.2, 0.25) is 10.0 Å². The molecule has 0 spiro atoms. The van der Waals surface area contributed by atoms with E-state index in [4.69, 9.17) is 4.98 Å². The zero-order valence-corrected chi connectivity index (χ0v) is 16.9. The first-order valence-corrected chi connectivity index (χ1v) is 11.1. The quantitative estimate of drug-likeness (QED) is 0.659. The molecule has 3 aromatic rings. The molecule has 1 aliphatic heterocycles. The lowest BCUT2D eigenvalue weighted by molar-refractivity contribution is -0.286. The molecule has 0 saturated heterocycles. The number of fused-ring (bicyclic) bond motifs is 2. The number of allylic oxidation sites excluding steroid dienone is 1. The van der Waals surface area contributed by atoms with Crippen molar-refractivity contribution in [3.63, 3.8) is 0 Å². The molecule has 158 valence electrons. The molecule has 0 bridgehead atoms. The maximum atomic E-state index is 13.3. The number of nitrogens with one attached hydrogen (secondary N) is 1. The van der Waals surface area contributed by atoms with Crippen LogP contribution < -0.4 is 14.2 Å². The first-order valence-electron chi connectivity index (χ1n) is 9.22. The van der Waals surface area contributed by atoms with Crippen molar-refractivity contribution in [2.45, 2.75) is 12.7 Å². The third-order valence-electron chi connectivity index (χ3n) is 4.78. The van der Waals surface area contributed by atoms with Crippen LogP contribution in [0.15, 0.2) is 54.7 Å². The number of rotatable bonds is 4. The SMILES string of the molecule is CS(=O)(=O)Nc1cccc(-c2cnc3c(n2)C(c2ccc4c(c2)OC(F)(F)O4)=CC3)c1. The maximum Gasteiger partial charge on any atom is 0.586 e. The summed E-state index contributed by atoms with van der Waals surface area (Å²) in [5, 5.41) is 0. The molecular formula is C21H15F2N3O4S. The molecule has 0 amide bonds. The van der Waals surface area contributed by atoms with Crippen LogP contribution in [0.3, 0.4) is 0 Å². The van der Waals surface area contributed by atoms with Crippen LogP contribution in [0.2, 0.25) is 0 Å². The van der Waals surface area contributed by atoms with Gasteiger partial charge in [-0.15, -0.1) is 8.78 Å². The van der Waals surface area contributed by atoms with Crippen LogP contribution in [-0.4, -0.2) is 30.9 Å². The normalized spacial score (nSPS) is 16.0. The number of sulfonamides is 1. The summed E-state index contributed by atoms with van der Waals surface area (Å²) >= 11 is 0. The topological polar surface area (TPSA) is 90.4 Å². The van der Waals surface area contributed by atoms with Gasteiger partial charge in [0.1, 0.15) is 0 Å². The van der Waals surface area contributed by atoms with E-state index in [1.807, 2.05) is 6.08 Å². The summed E-state index contributed by atoms with van der Waals surface area (Å²) in [5.41, 5.74) is 4.43. The maximum absolute atomic E-state index is 13.3. The lowest BCUT2D eigenvalue weighted by Crippen LogP contribution is -2.25. The third-order valence-corrected chi connectivity index (χ3v) is 5.38. The molecule has 5 rings (SSSR count). The molecular weight excluding hydrogens is 428 g/mol. The second-order valence-electron chi connectivity index (χ2n) is 7.16. The zero-order chi connectivity index (χ0) is 21.8. The van der Waals surface area contributed by atoms with Gasteiger partial charge in [0.15, 0.2) is 11.5 Å². The minimum atomic E-state index is -3.68. The molecule has 0 fully saturated rings. The monoisotopic (exact) mass is 443 g/mol. The highest BCUT2D eigenvalue weighted by Crippen LogP contribution is 2.43. The second-order valence-corrected chi connectivity index (χ2v) is 8.90. The largest absolute Gasteiger partial charge is 0.586 e. The van der Waals surface area contributed by atoms with Gasteiger partial charge in [-0.05, 0) is 29.8 Å². The molecule has 1 N–H and O–H groups in total. The van der Waals surface area contributed by atoms with Crippen LogP contribution in [0.1, 0.15) is 17.0 Å². The van der Waals surface area contributed by atoms with Gasteiger partial charge in [0, 0.05) is 23.2 Å². The first kappa shape index (κ1) is 19.4. The summed E-state index contributed by atoms with van der Waals surface area (Å²) in [6, 6.07) is 11.4. The van der Waals surface area contributed by atoms with E-state index in [2.05, 4.69) is 19.2 Å². The van der Waals surface area contributed by atoms with Gasteiger partial charge in [-0.3, -0.25) is 9.71 Å². The predicted octanol–water partition coefficient (Wildman–Crippen LogP) is 3.82. The summed E-state index contributed by atoms with van der Waals surface area (Å²) in [4.78, 5) is 9.19. The van der Waals surface area contributed by atoms with Gasteiger partial charge >= 0.3 is 6.29 Å². The van der Waals surface area contributed by atoms with E-state index in [1.54, 1.807) is 36.5 Å². The Labute approximate surface area is 176 Å². The number of anilines is 1. The average molecular weight is 443 g/mol. The number of alkyl halides is 2. The second kappa shape index (κ2) is 6.74. The van der Waals surface area contributed by atoms with Crippen LogP contribution in [-0.2, 0) is 16.4 Å². The van der Waals surface area contributed by atoms with E-state index in [0.29, 0.717) is 34.6 Å². The Bertz CT molecular complexity index is 1360. The number of nitrogens with zero attached hydrogens (tertiary/aromatic N) is 2. The summed E-state index contributed by atoms with van der Waals surface area (Å²) in [7, 11) is -3.41. The van der Waals surface area contributed by atoms with Crippen molar-refractivity contribution in [3.8, 4) is 22.8 Å². The van der Waals surface area contributed by atoms with E-state index >= 15 is 0 Å². The molecule has 2 aromatic carbocycles. The summed E-state index contributed by atoms with van der Waals surface area (Å²) in [5.74, 6) is -0.0666. The molecule has 0 radical (unpaired) electrons. The van der Waals surface area contributed by atoms with Gasteiger partial charge in [0.05, 0.1) is 29.5 Å². The van der Waals surface area contributed by atoms with Crippen LogP contribution in [0, 0.1) is 0 Å². The lowest BCUT2D eigenvalue weighted by Gasteiger charge is -2.10. The van der Waals surface area contributed by atoms with Gasteiger partial charge in [-0.25, -0.2) is 13.4 Å². The van der Waals surface area contributed by atoms with E-state index in [9.17, 15) is 17.2 Å². The van der Waals surface area contributed by atoms with Gasteiger partial charge in [0.25, 0.3) is 0 Å². The Balaban J connectivity index is 1.50. The highest BCUT2D eigenvalue weighted by atomic mass is 32.2. The van der Waals surface area contributed by atoms with Crippen molar-refractivity contribution in [2.75, 3.05) is 11.0 Å². The average Bonchev–Trinajstić information content (AvgIpc) is 3.24. The van der Waals surface area contributed by atoms with Crippen LogP contribution in [0.4, 0.5) is 14.5 Å². The minimum absolute atomic E-state index is 0.0254. The van der Waals surface area contributed by atoms with Crippen molar-refractivity contribution >= 4 is 21.3 Å². The van der Waals surface area contributed by atoms with E-state index in [1.165, 1.54) is 12.1 Å². The van der Waals surface area contributed by atoms with Gasteiger partial charge in [-0.1, -0.05) is 24.3 Å². The smallest absolute Gasteiger partial charge is 0.395 e. The molecule has 1 aliphatic carbocycles. The Kier molecular flexibility index (Phi) is 4.23. The van der Waals surface area contributed by atoms with E-state index in [0.717, 1.165) is 17.5 Å². The molecule has 7 nitrogen and oxygen atoms in total. The highest BCUT2D eigenvalue weighted by Gasteiger charge is 2.43. The summed E-state index contributed by atoms with van der Waals surface area (Å²) in [6.45, 7) is 0. The highest BCUT2D eigenvalue weighted by molar-refractivity contribution is 7.92. The van der Waals surface area contributed by atoms with Crippen molar-refractivity contribution in [1.82, 2.24) is 9.97 Å². The number of hydrogen-bond acceptors (Lipinski definition) is 6. The number of halogens is 2. The Morgan fingerprint density at radius 2 is 1.87 bits per heavy atom. The fourth-order valence-electron chi connectivity index (χ4n) is 3.54. The van der Waals surface area contributed by atoms with Gasteiger partial charge < -0.3 is 9.47 Å². The third kappa shape index (κ3) is 3.81. The summed E-state index contributed by atoms with van der Waals surface area (Å²) < 4.78 is 61.1. The van der Waals surface area contributed by atoms with Crippen LogP contribution in [0.5, 0.6) is 11.5 Å². The van der Waals surface area contributed by atoms with Crippen LogP contribution in [0.25, 0.3) is 16.8 Å². The summed E-state index contributed by atoms with van der Waals surface area (Å²) in [6.07, 6.45) is 1.49. The van der Waals surface area contributed by atoms with E-state index in [-0.39, 0.29) is 11.5 Å². The molecule has 0 atom stereocenters. The van der Waals surface area contributed by atoms with Crippen molar-refractivity contribution in [1.29, 1.82) is 0 Å². The lowest BCUT2D eigenvalue weighted by atomic mass is 10.0. The van der Waals surface area contributed by atoms with Crippen molar-refractivity contribution < 1.29 is 26.7 Å².